The number of anilines is 1. The lowest BCUT2D eigenvalue weighted by Gasteiger charge is -2.40. The van der Waals surface area contributed by atoms with E-state index in [-0.39, 0.29) is 18.1 Å². The molecular weight excluding hydrogens is 316 g/mol. The molecule has 1 saturated carbocycles. The standard InChI is InChI=1S/C20H28N2O3/c23-19-7-3-5-16(19)18-14-25-13-12-21(18)10-9-20(24)22-11-8-15-4-1-2-6-17(15)22/h1-2,4,6,16,18-19,23H,3,5,7-14H2/t16-,18-,19-/m1/s1. The molecule has 1 amide bonds. The maximum Gasteiger partial charge on any atom is 0.228 e. The first kappa shape index (κ1) is 17.0. The minimum Gasteiger partial charge on any atom is -0.393 e. The molecule has 1 N–H and O–H groups in total. The SMILES string of the molecule is O=C(CCN1CCOC[C@@H]1[C@H]1CCC[C@H]1O)N1CCc2ccccc21. The van der Waals surface area contributed by atoms with Gasteiger partial charge in [-0.2, -0.15) is 0 Å². The number of fused-ring (bicyclic) bond motifs is 1. The van der Waals surface area contributed by atoms with Gasteiger partial charge in [-0.3, -0.25) is 9.69 Å². The van der Waals surface area contributed by atoms with E-state index in [0.29, 0.717) is 18.9 Å². The lowest BCUT2D eigenvalue weighted by atomic mass is 9.94. The Morgan fingerprint density at radius 1 is 1.24 bits per heavy atom. The topological polar surface area (TPSA) is 53.0 Å². The molecule has 4 rings (SSSR count). The molecule has 5 nitrogen and oxygen atoms in total. The van der Waals surface area contributed by atoms with E-state index in [4.69, 9.17) is 4.74 Å². The molecule has 1 aliphatic carbocycles. The number of hydrogen-bond donors (Lipinski definition) is 1. The lowest BCUT2D eigenvalue weighted by Crippen LogP contribution is -2.52. The highest BCUT2D eigenvalue weighted by Crippen LogP contribution is 2.32. The number of rotatable bonds is 4. The molecule has 2 fully saturated rings. The van der Waals surface area contributed by atoms with Crippen LogP contribution in [0.4, 0.5) is 5.69 Å². The quantitative estimate of drug-likeness (QED) is 0.905. The van der Waals surface area contributed by atoms with E-state index < -0.39 is 0 Å². The van der Waals surface area contributed by atoms with E-state index in [1.54, 1.807) is 0 Å². The minimum absolute atomic E-state index is 0.210. The Labute approximate surface area is 149 Å². The molecule has 0 unspecified atom stereocenters. The molecule has 3 aliphatic rings. The van der Waals surface area contributed by atoms with Gasteiger partial charge in [0.15, 0.2) is 0 Å². The molecule has 2 heterocycles. The molecule has 25 heavy (non-hydrogen) atoms. The van der Waals surface area contributed by atoms with Gasteiger partial charge in [-0.05, 0) is 30.9 Å². The third-order valence-corrected chi connectivity index (χ3v) is 6.11. The van der Waals surface area contributed by atoms with Gasteiger partial charge in [-0.15, -0.1) is 0 Å². The second-order valence-corrected chi connectivity index (χ2v) is 7.51. The summed E-state index contributed by atoms with van der Waals surface area (Å²) in [6.07, 6.45) is 4.34. The molecule has 5 heteroatoms. The lowest BCUT2D eigenvalue weighted by molar-refractivity contribution is -0.119. The van der Waals surface area contributed by atoms with Crippen molar-refractivity contribution in [3.8, 4) is 0 Å². The predicted molar refractivity (Wildman–Crippen MR) is 96.6 cm³/mol. The summed E-state index contributed by atoms with van der Waals surface area (Å²) < 4.78 is 5.68. The first-order chi connectivity index (χ1) is 12.2. The molecule has 3 atom stereocenters. The van der Waals surface area contributed by atoms with Crippen molar-refractivity contribution in [2.24, 2.45) is 5.92 Å². The largest absolute Gasteiger partial charge is 0.393 e. The van der Waals surface area contributed by atoms with Crippen molar-refractivity contribution >= 4 is 11.6 Å². The van der Waals surface area contributed by atoms with Crippen LogP contribution >= 0.6 is 0 Å². The van der Waals surface area contributed by atoms with Crippen molar-refractivity contribution in [1.82, 2.24) is 4.90 Å². The van der Waals surface area contributed by atoms with Crippen LogP contribution in [0, 0.1) is 5.92 Å². The van der Waals surface area contributed by atoms with Gasteiger partial charge in [0.25, 0.3) is 0 Å². The van der Waals surface area contributed by atoms with Crippen molar-refractivity contribution in [3.05, 3.63) is 29.8 Å². The molecule has 1 aromatic carbocycles. The summed E-state index contributed by atoms with van der Waals surface area (Å²) in [4.78, 5) is 17.1. The third kappa shape index (κ3) is 3.46. The smallest absolute Gasteiger partial charge is 0.228 e. The molecule has 136 valence electrons. The molecule has 0 radical (unpaired) electrons. The molecular formula is C20H28N2O3. The van der Waals surface area contributed by atoms with Crippen LogP contribution < -0.4 is 4.90 Å². The fourth-order valence-electron chi connectivity index (χ4n) is 4.72. The van der Waals surface area contributed by atoms with Crippen molar-refractivity contribution in [2.75, 3.05) is 37.7 Å². The summed E-state index contributed by atoms with van der Waals surface area (Å²) in [6, 6.07) is 8.46. The first-order valence-corrected chi connectivity index (χ1v) is 9.62. The number of carbonyl (C=O) groups excluding carboxylic acids is 1. The first-order valence-electron chi connectivity index (χ1n) is 9.62. The number of ether oxygens (including phenoxy) is 1. The zero-order valence-corrected chi connectivity index (χ0v) is 14.8. The Morgan fingerprint density at radius 2 is 2.12 bits per heavy atom. The average molecular weight is 344 g/mol. The Morgan fingerprint density at radius 3 is 2.96 bits per heavy atom. The van der Waals surface area contributed by atoms with Gasteiger partial charge in [-0.1, -0.05) is 24.6 Å². The minimum atomic E-state index is -0.213. The highest BCUT2D eigenvalue weighted by atomic mass is 16.5. The molecule has 0 bridgehead atoms. The van der Waals surface area contributed by atoms with E-state index in [2.05, 4.69) is 11.0 Å². The van der Waals surface area contributed by atoms with Gasteiger partial charge >= 0.3 is 0 Å². The van der Waals surface area contributed by atoms with E-state index >= 15 is 0 Å². The highest BCUT2D eigenvalue weighted by molar-refractivity contribution is 5.95. The Kier molecular flexibility index (Phi) is 5.06. The van der Waals surface area contributed by atoms with Crippen molar-refractivity contribution in [3.63, 3.8) is 0 Å². The average Bonchev–Trinajstić information content (AvgIpc) is 3.26. The van der Waals surface area contributed by atoms with E-state index in [1.165, 1.54) is 5.56 Å². The van der Waals surface area contributed by atoms with E-state index in [0.717, 1.165) is 57.6 Å². The molecule has 2 aliphatic heterocycles. The van der Waals surface area contributed by atoms with Gasteiger partial charge in [0.2, 0.25) is 5.91 Å². The zero-order valence-electron chi connectivity index (χ0n) is 14.8. The number of morpholine rings is 1. The number of para-hydroxylation sites is 1. The van der Waals surface area contributed by atoms with Crippen molar-refractivity contribution in [2.45, 2.75) is 44.2 Å². The van der Waals surface area contributed by atoms with Crippen molar-refractivity contribution in [1.29, 1.82) is 0 Å². The summed E-state index contributed by atoms with van der Waals surface area (Å²) in [5, 5.41) is 10.3. The Balaban J connectivity index is 1.37. The van der Waals surface area contributed by atoms with E-state index in [1.807, 2.05) is 23.1 Å². The number of benzene rings is 1. The number of nitrogens with zero attached hydrogens (tertiary/aromatic N) is 2. The van der Waals surface area contributed by atoms with Gasteiger partial charge < -0.3 is 14.7 Å². The second kappa shape index (κ2) is 7.44. The number of hydrogen-bond acceptors (Lipinski definition) is 4. The zero-order chi connectivity index (χ0) is 17.2. The fraction of sp³-hybridized carbons (Fsp3) is 0.650. The Hall–Kier alpha value is -1.43. The van der Waals surface area contributed by atoms with Crippen LogP contribution in [-0.2, 0) is 16.0 Å². The van der Waals surface area contributed by atoms with Crippen LogP contribution in [-0.4, -0.2) is 60.9 Å². The normalized spacial score (nSPS) is 29.8. The fourth-order valence-corrected chi connectivity index (χ4v) is 4.72. The summed E-state index contributed by atoms with van der Waals surface area (Å²) in [7, 11) is 0. The van der Waals surface area contributed by atoms with Gasteiger partial charge in [0.1, 0.15) is 0 Å². The van der Waals surface area contributed by atoms with Crippen LogP contribution in [0.5, 0.6) is 0 Å². The highest BCUT2D eigenvalue weighted by Gasteiger charge is 2.37. The molecule has 0 aromatic heterocycles. The van der Waals surface area contributed by atoms with E-state index in [9.17, 15) is 9.90 Å². The summed E-state index contributed by atoms with van der Waals surface area (Å²) in [5.74, 6) is 0.505. The summed E-state index contributed by atoms with van der Waals surface area (Å²) >= 11 is 0. The Bertz CT molecular complexity index is 621. The molecule has 0 spiro atoms. The number of aliphatic hydroxyl groups is 1. The molecule has 1 aromatic rings. The number of amides is 1. The summed E-state index contributed by atoms with van der Waals surface area (Å²) in [6.45, 7) is 3.82. The maximum atomic E-state index is 12.8. The van der Waals surface area contributed by atoms with Crippen molar-refractivity contribution < 1.29 is 14.6 Å². The number of aliphatic hydroxyl groups excluding tert-OH is 1. The van der Waals surface area contributed by atoms with Crippen LogP contribution in [0.25, 0.3) is 0 Å². The van der Waals surface area contributed by atoms with Crippen LogP contribution in [0.2, 0.25) is 0 Å². The van der Waals surface area contributed by atoms with Crippen LogP contribution in [0.3, 0.4) is 0 Å². The van der Waals surface area contributed by atoms with Gasteiger partial charge in [0.05, 0.1) is 19.3 Å². The van der Waals surface area contributed by atoms with Crippen LogP contribution in [0.1, 0.15) is 31.2 Å². The van der Waals surface area contributed by atoms with Crippen LogP contribution in [0.15, 0.2) is 24.3 Å². The summed E-state index contributed by atoms with van der Waals surface area (Å²) in [5.41, 5.74) is 2.35. The molecule has 1 saturated heterocycles. The third-order valence-electron chi connectivity index (χ3n) is 6.11. The van der Waals surface area contributed by atoms with Gasteiger partial charge in [0, 0.05) is 43.7 Å². The predicted octanol–water partition coefficient (Wildman–Crippen LogP) is 1.83. The monoisotopic (exact) mass is 344 g/mol. The maximum absolute atomic E-state index is 12.8. The van der Waals surface area contributed by atoms with Gasteiger partial charge in [-0.25, -0.2) is 0 Å². The second-order valence-electron chi connectivity index (χ2n) is 7.51. The number of carbonyl (C=O) groups is 1.